The Kier molecular flexibility index (Phi) is 6.38. The first kappa shape index (κ1) is 19.5. The van der Waals surface area contributed by atoms with Gasteiger partial charge in [-0.15, -0.1) is 0 Å². The van der Waals surface area contributed by atoms with E-state index in [0.717, 1.165) is 22.5 Å². The minimum Gasteiger partial charge on any atom is -0.482 e. The Bertz CT molecular complexity index is 781. The maximum absolute atomic E-state index is 12.2. The van der Waals surface area contributed by atoms with Crippen LogP contribution in [-0.2, 0) is 23.1 Å². The first-order valence-corrected chi connectivity index (χ1v) is 8.51. The van der Waals surface area contributed by atoms with Crippen molar-refractivity contribution in [2.75, 3.05) is 6.61 Å². The minimum absolute atomic E-state index is 0.0219. The molecule has 0 aliphatic carbocycles. The zero-order chi connectivity index (χ0) is 19.3. The second-order valence-corrected chi connectivity index (χ2v) is 6.31. The van der Waals surface area contributed by atoms with E-state index in [9.17, 15) is 9.59 Å². The molecule has 1 aromatic heterocycles. The number of carbonyl (C=O) groups is 2. The lowest BCUT2D eigenvalue weighted by Gasteiger charge is -2.15. The summed E-state index contributed by atoms with van der Waals surface area (Å²) in [5.41, 5.74) is 4.09. The summed E-state index contributed by atoms with van der Waals surface area (Å²) < 4.78 is 6.93. The van der Waals surface area contributed by atoms with Crippen LogP contribution in [0.5, 0.6) is 5.75 Å². The lowest BCUT2D eigenvalue weighted by Crippen LogP contribution is -2.26. The Balaban J connectivity index is 1.87. The highest BCUT2D eigenvalue weighted by Crippen LogP contribution is 2.18. The summed E-state index contributed by atoms with van der Waals surface area (Å²) >= 11 is 0. The van der Waals surface area contributed by atoms with Crippen LogP contribution in [0.4, 0.5) is 0 Å². The number of carboxylic acid groups (broad SMARTS) is 1. The van der Waals surface area contributed by atoms with Gasteiger partial charge in [0.05, 0.1) is 11.7 Å². The van der Waals surface area contributed by atoms with Crippen molar-refractivity contribution >= 4 is 11.9 Å². The van der Waals surface area contributed by atoms with Crippen molar-refractivity contribution in [3.05, 3.63) is 46.8 Å². The number of aliphatic carboxylic acids is 1. The summed E-state index contributed by atoms with van der Waals surface area (Å²) in [7, 11) is 1.90. The lowest BCUT2D eigenvalue weighted by atomic mass is 10.1. The van der Waals surface area contributed by atoms with Gasteiger partial charge in [0, 0.05) is 19.2 Å². The molecule has 1 unspecified atom stereocenters. The predicted octanol–water partition coefficient (Wildman–Crippen LogP) is 2.31. The minimum atomic E-state index is -1.02. The van der Waals surface area contributed by atoms with E-state index in [1.165, 1.54) is 0 Å². The largest absolute Gasteiger partial charge is 0.482 e. The highest BCUT2D eigenvalue weighted by Gasteiger charge is 2.13. The number of aromatic nitrogens is 2. The Morgan fingerprint density at radius 3 is 2.46 bits per heavy atom. The SMILES string of the molecule is Cc1nn(C)c(C)c1CCC(=O)NC(C)c1ccc(OCC(=O)O)cc1. The van der Waals surface area contributed by atoms with Crippen LogP contribution in [0.15, 0.2) is 24.3 Å². The fourth-order valence-electron chi connectivity index (χ4n) is 2.81. The molecule has 0 spiro atoms. The van der Waals surface area contributed by atoms with Crippen LogP contribution < -0.4 is 10.1 Å². The number of hydrogen-bond donors (Lipinski definition) is 2. The molecule has 0 radical (unpaired) electrons. The molecule has 2 aromatic rings. The summed E-state index contributed by atoms with van der Waals surface area (Å²) in [6.07, 6.45) is 1.06. The second-order valence-electron chi connectivity index (χ2n) is 6.31. The number of amides is 1. The van der Waals surface area contributed by atoms with Gasteiger partial charge in [0.2, 0.25) is 5.91 Å². The van der Waals surface area contributed by atoms with Crippen LogP contribution in [0.2, 0.25) is 0 Å². The van der Waals surface area contributed by atoms with Crippen LogP contribution in [0.3, 0.4) is 0 Å². The van der Waals surface area contributed by atoms with E-state index in [1.807, 2.05) is 44.6 Å². The number of aryl methyl sites for hydroxylation is 2. The van der Waals surface area contributed by atoms with E-state index in [4.69, 9.17) is 9.84 Å². The van der Waals surface area contributed by atoms with Crippen molar-refractivity contribution in [3.63, 3.8) is 0 Å². The molecule has 26 heavy (non-hydrogen) atoms. The molecule has 1 atom stereocenters. The van der Waals surface area contributed by atoms with Gasteiger partial charge >= 0.3 is 5.97 Å². The number of benzene rings is 1. The molecule has 0 aliphatic rings. The topological polar surface area (TPSA) is 93.5 Å². The zero-order valence-corrected chi connectivity index (χ0v) is 15.6. The van der Waals surface area contributed by atoms with Crippen LogP contribution in [0, 0.1) is 13.8 Å². The van der Waals surface area contributed by atoms with Gasteiger partial charge in [0.1, 0.15) is 5.75 Å². The highest BCUT2D eigenvalue weighted by molar-refractivity contribution is 5.76. The third-order valence-electron chi connectivity index (χ3n) is 4.38. The number of ether oxygens (including phenoxy) is 1. The maximum Gasteiger partial charge on any atom is 0.341 e. The molecule has 0 bridgehead atoms. The zero-order valence-electron chi connectivity index (χ0n) is 15.6. The third kappa shape index (κ3) is 5.08. The first-order chi connectivity index (χ1) is 12.3. The van der Waals surface area contributed by atoms with E-state index < -0.39 is 5.97 Å². The molecule has 140 valence electrons. The lowest BCUT2D eigenvalue weighted by molar-refractivity contribution is -0.139. The van der Waals surface area contributed by atoms with Crippen molar-refractivity contribution < 1.29 is 19.4 Å². The molecule has 7 heteroatoms. The Hall–Kier alpha value is -2.83. The maximum atomic E-state index is 12.2. The number of nitrogens with one attached hydrogen (secondary N) is 1. The van der Waals surface area contributed by atoms with Gasteiger partial charge < -0.3 is 15.2 Å². The van der Waals surface area contributed by atoms with Gasteiger partial charge in [0.25, 0.3) is 0 Å². The number of carbonyl (C=O) groups excluding carboxylic acids is 1. The van der Waals surface area contributed by atoms with Crippen molar-refractivity contribution in [3.8, 4) is 5.75 Å². The van der Waals surface area contributed by atoms with Crippen molar-refractivity contribution in [2.45, 2.75) is 39.7 Å². The van der Waals surface area contributed by atoms with Crippen molar-refractivity contribution in [1.29, 1.82) is 0 Å². The Morgan fingerprint density at radius 1 is 1.27 bits per heavy atom. The number of rotatable bonds is 8. The van der Waals surface area contributed by atoms with E-state index in [0.29, 0.717) is 18.6 Å². The molecule has 1 aromatic carbocycles. The van der Waals surface area contributed by atoms with E-state index in [1.54, 1.807) is 12.1 Å². The van der Waals surface area contributed by atoms with E-state index in [-0.39, 0.29) is 18.6 Å². The van der Waals surface area contributed by atoms with Crippen LogP contribution in [-0.4, -0.2) is 33.4 Å². The summed E-state index contributed by atoms with van der Waals surface area (Å²) in [5.74, 6) is -0.558. The average molecular weight is 359 g/mol. The van der Waals surface area contributed by atoms with Crippen LogP contribution in [0.25, 0.3) is 0 Å². The van der Waals surface area contributed by atoms with Gasteiger partial charge in [-0.1, -0.05) is 12.1 Å². The molecular weight excluding hydrogens is 334 g/mol. The van der Waals surface area contributed by atoms with Gasteiger partial charge in [-0.2, -0.15) is 5.10 Å². The third-order valence-corrected chi connectivity index (χ3v) is 4.38. The standard InChI is InChI=1S/C19H25N3O4/c1-12(15-5-7-16(8-6-15)26-11-19(24)25)20-18(23)10-9-17-13(2)21-22(4)14(17)3/h5-8,12H,9-11H2,1-4H3,(H,20,23)(H,24,25). The fourth-order valence-corrected chi connectivity index (χ4v) is 2.81. The number of nitrogens with zero attached hydrogens (tertiary/aromatic N) is 2. The quantitative estimate of drug-likeness (QED) is 0.754. The molecule has 0 aliphatic heterocycles. The van der Waals surface area contributed by atoms with Gasteiger partial charge in [-0.3, -0.25) is 9.48 Å². The highest BCUT2D eigenvalue weighted by atomic mass is 16.5. The molecular formula is C19H25N3O4. The van der Waals surface area contributed by atoms with E-state index in [2.05, 4.69) is 10.4 Å². The number of hydrogen-bond acceptors (Lipinski definition) is 4. The monoisotopic (exact) mass is 359 g/mol. The molecule has 0 saturated carbocycles. The van der Waals surface area contributed by atoms with Crippen molar-refractivity contribution in [2.24, 2.45) is 7.05 Å². The molecule has 0 saturated heterocycles. The van der Waals surface area contributed by atoms with Crippen LogP contribution >= 0.6 is 0 Å². The van der Waals surface area contributed by atoms with Crippen LogP contribution in [0.1, 0.15) is 41.9 Å². The predicted molar refractivity (Wildman–Crippen MR) is 97.1 cm³/mol. The smallest absolute Gasteiger partial charge is 0.341 e. The molecule has 2 rings (SSSR count). The molecule has 2 N–H and O–H groups in total. The Labute approximate surface area is 153 Å². The number of carboxylic acids is 1. The summed E-state index contributed by atoms with van der Waals surface area (Å²) in [5, 5.41) is 16.0. The molecule has 0 fully saturated rings. The second kappa shape index (κ2) is 8.51. The van der Waals surface area contributed by atoms with Gasteiger partial charge in [0.15, 0.2) is 6.61 Å². The first-order valence-electron chi connectivity index (χ1n) is 8.51. The Morgan fingerprint density at radius 2 is 1.92 bits per heavy atom. The summed E-state index contributed by atoms with van der Waals surface area (Å²) in [6.45, 7) is 5.49. The van der Waals surface area contributed by atoms with Gasteiger partial charge in [-0.25, -0.2) is 4.79 Å². The average Bonchev–Trinajstić information content (AvgIpc) is 2.83. The summed E-state index contributed by atoms with van der Waals surface area (Å²) in [4.78, 5) is 22.7. The summed E-state index contributed by atoms with van der Waals surface area (Å²) in [6, 6.07) is 6.88. The molecule has 1 heterocycles. The van der Waals surface area contributed by atoms with E-state index >= 15 is 0 Å². The normalized spacial score (nSPS) is 11.8. The molecule has 1 amide bonds. The van der Waals surface area contributed by atoms with Gasteiger partial charge in [-0.05, 0) is 50.5 Å². The fraction of sp³-hybridized carbons (Fsp3) is 0.421. The van der Waals surface area contributed by atoms with Crippen molar-refractivity contribution in [1.82, 2.24) is 15.1 Å². The molecule has 7 nitrogen and oxygen atoms in total.